The van der Waals surface area contributed by atoms with Gasteiger partial charge in [0.1, 0.15) is 0 Å². The van der Waals surface area contributed by atoms with Crippen molar-refractivity contribution in [3.63, 3.8) is 0 Å². The number of nitrogens with zero attached hydrogens (tertiary/aromatic N) is 1. The Bertz CT molecular complexity index is 791. The van der Waals surface area contributed by atoms with Crippen molar-refractivity contribution in [2.75, 3.05) is 5.73 Å². The molecular weight excluding hydrogens is 284 g/mol. The molecule has 6 heteroatoms. The molecule has 3 rings (SSSR count). The summed E-state index contributed by atoms with van der Waals surface area (Å²) in [6.07, 6.45) is 0. The molecule has 0 aliphatic heterocycles. The largest absolute Gasteiger partial charge is 0.432 e. The normalized spacial score (nSPS) is 11.1. The topological polar surface area (TPSA) is 69.1 Å². The number of thiophene rings is 1. The van der Waals surface area contributed by atoms with E-state index in [9.17, 15) is 4.79 Å². The molecule has 0 saturated heterocycles. The minimum atomic E-state index is -0.273. The Kier molecular flexibility index (Phi) is 2.80. The van der Waals surface area contributed by atoms with Crippen LogP contribution in [0, 0.1) is 6.92 Å². The molecule has 3 aromatic heterocycles. The van der Waals surface area contributed by atoms with Gasteiger partial charge >= 0.3 is 0 Å². The molecule has 0 atom stereocenters. The summed E-state index contributed by atoms with van der Waals surface area (Å²) in [4.78, 5) is 17.0. The van der Waals surface area contributed by atoms with Gasteiger partial charge in [0.05, 0.1) is 20.3 Å². The van der Waals surface area contributed by atoms with E-state index in [2.05, 4.69) is 4.98 Å². The van der Waals surface area contributed by atoms with Crippen LogP contribution in [-0.4, -0.2) is 10.8 Å². The third-order valence-corrected chi connectivity index (χ3v) is 3.97. The fourth-order valence-corrected chi connectivity index (χ4v) is 2.79. The standard InChI is InChI=1S/C13H9ClN2O2S/c1-6-2-3-7-10(15)12(18-13(7)16-6)11(17)8-4-5-9(14)19-8/h2-5H,15H2,1H3. The first-order chi connectivity index (χ1) is 9.06. The van der Waals surface area contributed by atoms with Crippen LogP contribution in [0.25, 0.3) is 11.1 Å². The number of aromatic nitrogens is 1. The van der Waals surface area contributed by atoms with Gasteiger partial charge < -0.3 is 10.2 Å². The van der Waals surface area contributed by atoms with Gasteiger partial charge in [-0.05, 0) is 31.2 Å². The number of fused-ring (bicyclic) bond motifs is 1. The number of hydrogen-bond donors (Lipinski definition) is 1. The van der Waals surface area contributed by atoms with Crippen LogP contribution in [0.3, 0.4) is 0 Å². The number of pyridine rings is 1. The highest BCUT2D eigenvalue weighted by molar-refractivity contribution is 7.18. The van der Waals surface area contributed by atoms with Crippen molar-refractivity contribution < 1.29 is 9.21 Å². The second-order valence-corrected chi connectivity index (χ2v) is 5.80. The number of anilines is 1. The number of rotatable bonds is 2. The third kappa shape index (κ3) is 2.01. The maximum Gasteiger partial charge on any atom is 0.240 e. The van der Waals surface area contributed by atoms with Gasteiger partial charge in [-0.3, -0.25) is 4.79 Å². The average molecular weight is 293 g/mol. The van der Waals surface area contributed by atoms with Crippen molar-refractivity contribution >= 4 is 45.5 Å². The Labute approximate surface area is 117 Å². The van der Waals surface area contributed by atoms with Crippen LogP contribution in [0.4, 0.5) is 5.69 Å². The van der Waals surface area contributed by atoms with E-state index in [1.807, 2.05) is 13.0 Å². The number of nitrogens with two attached hydrogens (primary N) is 1. The minimum Gasteiger partial charge on any atom is -0.432 e. The van der Waals surface area contributed by atoms with Crippen LogP contribution in [0.5, 0.6) is 0 Å². The number of halogens is 1. The highest BCUT2D eigenvalue weighted by Gasteiger charge is 2.22. The summed E-state index contributed by atoms with van der Waals surface area (Å²) < 4.78 is 6.03. The van der Waals surface area contributed by atoms with Crippen LogP contribution >= 0.6 is 22.9 Å². The van der Waals surface area contributed by atoms with Gasteiger partial charge in [0.25, 0.3) is 0 Å². The SMILES string of the molecule is Cc1ccc2c(N)c(C(=O)c3ccc(Cl)s3)oc2n1. The molecule has 19 heavy (non-hydrogen) atoms. The molecule has 0 aliphatic rings. The summed E-state index contributed by atoms with van der Waals surface area (Å²) in [6, 6.07) is 6.94. The Hall–Kier alpha value is -1.85. The van der Waals surface area contributed by atoms with Crippen LogP contribution in [-0.2, 0) is 0 Å². The predicted octanol–water partition coefficient (Wildman–Crippen LogP) is 3.66. The summed E-state index contributed by atoms with van der Waals surface area (Å²) in [5.74, 6) is -0.156. The second kappa shape index (κ2) is 4.36. The first-order valence-corrected chi connectivity index (χ1v) is 6.71. The number of hydrogen-bond acceptors (Lipinski definition) is 5. The second-order valence-electron chi connectivity index (χ2n) is 4.08. The Balaban J connectivity index is 2.15. The summed E-state index contributed by atoms with van der Waals surface area (Å²) in [7, 11) is 0. The number of ketones is 1. The van der Waals surface area contributed by atoms with E-state index in [-0.39, 0.29) is 11.5 Å². The van der Waals surface area contributed by atoms with Crippen LogP contribution < -0.4 is 5.73 Å². The van der Waals surface area contributed by atoms with Crippen molar-refractivity contribution in [2.24, 2.45) is 0 Å². The van der Waals surface area contributed by atoms with E-state index < -0.39 is 0 Å². The Morgan fingerprint density at radius 3 is 2.84 bits per heavy atom. The van der Waals surface area contributed by atoms with Gasteiger partial charge in [0.15, 0.2) is 0 Å². The number of furan rings is 1. The molecule has 2 N–H and O–H groups in total. The van der Waals surface area contributed by atoms with Crippen molar-refractivity contribution in [3.05, 3.63) is 44.9 Å². The van der Waals surface area contributed by atoms with Crippen molar-refractivity contribution in [1.82, 2.24) is 4.98 Å². The molecule has 0 aliphatic carbocycles. The van der Waals surface area contributed by atoms with Crippen LogP contribution in [0.1, 0.15) is 21.1 Å². The van der Waals surface area contributed by atoms with Gasteiger partial charge in [-0.2, -0.15) is 0 Å². The molecule has 0 fully saturated rings. The highest BCUT2D eigenvalue weighted by atomic mass is 35.5. The fraction of sp³-hybridized carbons (Fsp3) is 0.0769. The lowest BCUT2D eigenvalue weighted by Crippen LogP contribution is -2.00. The van der Waals surface area contributed by atoms with Crippen molar-refractivity contribution in [3.8, 4) is 0 Å². The summed E-state index contributed by atoms with van der Waals surface area (Å²) >= 11 is 7.02. The van der Waals surface area contributed by atoms with E-state index in [0.29, 0.717) is 26.0 Å². The monoisotopic (exact) mass is 292 g/mol. The molecule has 0 aromatic carbocycles. The number of carbonyl (C=O) groups excluding carboxylic acids is 1. The zero-order chi connectivity index (χ0) is 13.6. The first kappa shape index (κ1) is 12.2. The van der Waals surface area contributed by atoms with E-state index in [4.69, 9.17) is 21.8 Å². The molecule has 0 amide bonds. The van der Waals surface area contributed by atoms with Crippen LogP contribution in [0.2, 0.25) is 4.34 Å². The smallest absolute Gasteiger partial charge is 0.240 e. The van der Waals surface area contributed by atoms with Crippen molar-refractivity contribution in [2.45, 2.75) is 6.92 Å². The average Bonchev–Trinajstić information content (AvgIpc) is 2.93. The Morgan fingerprint density at radius 2 is 2.16 bits per heavy atom. The van der Waals surface area contributed by atoms with Crippen LogP contribution in [0.15, 0.2) is 28.7 Å². The molecule has 0 saturated carbocycles. The lowest BCUT2D eigenvalue weighted by atomic mass is 10.2. The van der Waals surface area contributed by atoms with E-state index >= 15 is 0 Å². The number of nitrogen functional groups attached to an aromatic ring is 1. The quantitative estimate of drug-likeness (QED) is 0.732. The van der Waals surface area contributed by atoms with Gasteiger partial charge in [-0.15, -0.1) is 11.3 Å². The molecule has 0 spiro atoms. The molecule has 3 heterocycles. The minimum absolute atomic E-state index is 0.117. The Morgan fingerprint density at radius 1 is 1.37 bits per heavy atom. The van der Waals surface area contributed by atoms with E-state index in [0.717, 1.165) is 5.69 Å². The predicted molar refractivity (Wildman–Crippen MR) is 75.9 cm³/mol. The molecule has 0 unspecified atom stereocenters. The molecule has 3 aromatic rings. The number of aryl methyl sites for hydroxylation is 1. The maximum atomic E-state index is 12.3. The van der Waals surface area contributed by atoms with Gasteiger partial charge in [-0.25, -0.2) is 4.98 Å². The highest BCUT2D eigenvalue weighted by Crippen LogP contribution is 2.31. The fourth-order valence-electron chi connectivity index (χ4n) is 1.81. The summed E-state index contributed by atoms with van der Waals surface area (Å²) in [5.41, 5.74) is 7.45. The molecule has 0 radical (unpaired) electrons. The zero-order valence-corrected chi connectivity index (χ0v) is 11.5. The summed E-state index contributed by atoms with van der Waals surface area (Å²) in [5, 5.41) is 0.650. The molecule has 96 valence electrons. The molecule has 4 nitrogen and oxygen atoms in total. The lowest BCUT2D eigenvalue weighted by molar-refractivity contribution is 0.102. The summed E-state index contributed by atoms with van der Waals surface area (Å²) in [6.45, 7) is 1.85. The van der Waals surface area contributed by atoms with E-state index in [1.54, 1.807) is 18.2 Å². The van der Waals surface area contributed by atoms with Gasteiger partial charge in [0, 0.05) is 5.69 Å². The lowest BCUT2D eigenvalue weighted by Gasteiger charge is -1.93. The van der Waals surface area contributed by atoms with E-state index in [1.165, 1.54) is 11.3 Å². The molecular formula is C13H9ClN2O2S. The van der Waals surface area contributed by atoms with Gasteiger partial charge in [-0.1, -0.05) is 11.6 Å². The van der Waals surface area contributed by atoms with Crippen molar-refractivity contribution in [1.29, 1.82) is 0 Å². The van der Waals surface area contributed by atoms with Gasteiger partial charge in [0.2, 0.25) is 17.3 Å². The first-order valence-electron chi connectivity index (χ1n) is 5.52. The maximum absolute atomic E-state index is 12.3. The zero-order valence-electron chi connectivity index (χ0n) is 9.94. The molecule has 0 bridgehead atoms. The number of carbonyl (C=O) groups is 1. The third-order valence-electron chi connectivity index (χ3n) is 2.74.